The fourth-order valence-corrected chi connectivity index (χ4v) is 3.14. The van der Waals surface area contributed by atoms with Gasteiger partial charge in [0.1, 0.15) is 5.75 Å². The SMILES string of the molecule is Cc1ccc(S(=O)(=O)N(C)C)cc1NC(=O)C(C)Oc1ccc(C#N)cc1. The van der Waals surface area contributed by atoms with E-state index in [-0.39, 0.29) is 4.90 Å². The lowest BCUT2D eigenvalue weighted by atomic mass is 10.2. The Hall–Kier alpha value is -2.89. The predicted octanol–water partition coefficient (Wildman–Crippen LogP) is 2.52. The predicted molar refractivity (Wildman–Crippen MR) is 102 cm³/mol. The molecule has 0 aromatic heterocycles. The molecule has 142 valence electrons. The third kappa shape index (κ3) is 4.84. The Morgan fingerprint density at radius 1 is 1.19 bits per heavy atom. The van der Waals surface area contributed by atoms with Crippen LogP contribution in [0, 0.1) is 18.3 Å². The van der Waals surface area contributed by atoms with E-state index in [0.29, 0.717) is 17.0 Å². The second kappa shape index (κ2) is 8.20. The van der Waals surface area contributed by atoms with E-state index >= 15 is 0 Å². The van der Waals surface area contributed by atoms with Crippen LogP contribution >= 0.6 is 0 Å². The monoisotopic (exact) mass is 387 g/mol. The number of anilines is 1. The Kier molecular flexibility index (Phi) is 6.20. The lowest BCUT2D eigenvalue weighted by molar-refractivity contribution is -0.122. The number of ether oxygens (including phenoxy) is 1. The quantitative estimate of drug-likeness (QED) is 0.821. The van der Waals surface area contributed by atoms with Gasteiger partial charge in [-0.2, -0.15) is 5.26 Å². The molecule has 1 atom stereocenters. The van der Waals surface area contributed by atoms with Gasteiger partial charge in [-0.15, -0.1) is 0 Å². The first kappa shape index (κ1) is 20.4. The molecule has 2 rings (SSSR count). The normalized spacial score (nSPS) is 12.3. The lowest BCUT2D eigenvalue weighted by Gasteiger charge is -2.17. The molecule has 0 aliphatic carbocycles. The summed E-state index contributed by atoms with van der Waals surface area (Å²) in [6.07, 6.45) is -0.813. The summed E-state index contributed by atoms with van der Waals surface area (Å²) in [6, 6.07) is 13.0. The molecule has 0 fully saturated rings. The number of carbonyl (C=O) groups excluding carboxylic acids is 1. The van der Waals surface area contributed by atoms with E-state index in [1.165, 1.54) is 26.2 Å². The number of amides is 1. The molecule has 7 nitrogen and oxygen atoms in total. The number of carbonyl (C=O) groups is 1. The molecular weight excluding hydrogens is 366 g/mol. The minimum atomic E-state index is -3.60. The van der Waals surface area contributed by atoms with Crippen molar-refractivity contribution in [1.29, 1.82) is 5.26 Å². The molecule has 0 spiro atoms. The number of hydrogen-bond acceptors (Lipinski definition) is 5. The summed E-state index contributed by atoms with van der Waals surface area (Å²) in [6.45, 7) is 3.36. The summed E-state index contributed by atoms with van der Waals surface area (Å²) >= 11 is 0. The van der Waals surface area contributed by atoms with Gasteiger partial charge >= 0.3 is 0 Å². The van der Waals surface area contributed by atoms with Crippen LogP contribution in [0.3, 0.4) is 0 Å². The summed E-state index contributed by atoms with van der Waals surface area (Å²) in [4.78, 5) is 12.5. The van der Waals surface area contributed by atoms with Crippen LogP contribution in [0.5, 0.6) is 5.75 Å². The van der Waals surface area contributed by atoms with E-state index in [4.69, 9.17) is 10.00 Å². The Morgan fingerprint density at radius 3 is 2.37 bits per heavy atom. The Morgan fingerprint density at radius 2 is 1.81 bits per heavy atom. The van der Waals surface area contributed by atoms with Crippen LogP contribution in [0.4, 0.5) is 5.69 Å². The van der Waals surface area contributed by atoms with Gasteiger partial charge in [-0.3, -0.25) is 4.79 Å². The standard InChI is InChI=1S/C19H21N3O4S/c1-13-5-10-17(27(24,25)22(3)4)11-18(13)21-19(23)14(2)26-16-8-6-15(12-20)7-9-16/h5-11,14H,1-4H3,(H,21,23). The van der Waals surface area contributed by atoms with Crippen LogP contribution in [-0.4, -0.2) is 38.8 Å². The van der Waals surface area contributed by atoms with Gasteiger partial charge in [0, 0.05) is 19.8 Å². The fraction of sp³-hybridized carbons (Fsp3) is 0.263. The molecule has 0 heterocycles. The molecule has 27 heavy (non-hydrogen) atoms. The number of aryl methyl sites for hydroxylation is 1. The number of sulfonamides is 1. The van der Waals surface area contributed by atoms with Crippen molar-refractivity contribution < 1.29 is 17.9 Å². The van der Waals surface area contributed by atoms with Crippen molar-refractivity contribution in [2.24, 2.45) is 0 Å². The number of hydrogen-bond donors (Lipinski definition) is 1. The topological polar surface area (TPSA) is 99.5 Å². The van der Waals surface area contributed by atoms with Gasteiger partial charge < -0.3 is 10.1 Å². The Balaban J connectivity index is 2.15. The van der Waals surface area contributed by atoms with Gasteiger partial charge in [0.15, 0.2) is 6.10 Å². The third-order valence-corrected chi connectivity index (χ3v) is 5.72. The minimum Gasteiger partial charge on any atom is -0.481 e. The van der Waals surface area contributed by atoms with Gasteiger partial charge in [0.25, 0.3) is 5.91 Å². The summed E-state index contributed by atoms with van der Waals surface area (Å²) in [5.41, 5.74) is 1.62. The molecular formula is C19H21N3O4S. The Labute approximate surface area is 159 Å². The molecule has 0 saturated carbocycles. The second-order valence-corrected chi connectivity index (χ2v) is 8.30. The zero-order valence-corrected chi connectivity index (χ0v) is 16.4. The number of rotatable bonds is 6. The van der Waals surface area contributed by atoms with Crippen LogP contribution in [-0.2, 0) is 14.8 Å². The van der Waals surface area contributed by atoms with Crippen molar-refractivity contribution in [1.82, 2.24) is 4.31 Å². The van der Waals surface area contributed by atoms with E-state index in [1.807, 2.05) is 6.07 Å². The zero-order valence-electron chi connectivity index (χ0n) is 15.6. The van der Waals surface area contributed by atoms with Crippen LogP contribution in [0.15, 0.2) is 47.4 Å². The van der Waals surface area contributed by atoms with E-state index in [9.17, 15) is 13.2 Å². The number of nitrogens with one attached hydrogen (secondary N) is 1. The van der Waals surface area contributed by atoms with Gasteiger partial charge in [0.05, 0.1) is 16.5 Å². The molecule has 1 amide bonds. The number of nitriles is 1. The first-order chi connectivity index (χ1) is 12.6. The largest absolute Gasteiger partial charge is 0.481 e. The van der Waals surface area contributed by atoms with Crippen molar-refractivity contribution in [3.05, 3.63) is 53.6 Å². The highest BCUT2D eigenvalue weighted by molar-refractivity contribution is 7.89. The van der Waals surface area contributed by atoms with Crippen molar-refractivity contribution in [2.45, 2.75) is 24.8 Å². The number of nitrogens with zero attached hydrogens (tertiary/aromatic N) is 2. The Bertz CT molecular complexity index is 977. The second-order valence-electron chi connectivity index (χ2n) is 6.15. The molecule has 8 heteroatoms. The first-order valence-electron chi connectivity index (χ1n) is 8.16. The zero-order chi connectivity index (χ0) is 20.2. The molecule has 0 bridgehead atoms. The summed E-state index contributed by atoms with van der Waals surface area (Å²) in [7, 11) is -0.712. The maximum Gasteiger partial charge on any atom is 0.265 e. The molecule has 0 saturated heterocycles. The number of benzene rings is 2. The fourth-order valence-electron chi connectivity index (χ4n) is 2.21. The summed E-state index contributed by atoms with van der Waals surface area (Å²) in [5, 5.41) is 11.5. The molecule has 2 aromatic rings. The maximum absolute atomic E-state index is 12.4. The van der Waals surface area contributed by atoms with E-state index in [2.05, 4.69) is 5.32 Å². The van der Waals surface area contributed by atoms with E-state index in [0.717, 1.165) is 9.87 Å². The van der Waals surface area contributed by atoms with E-state index < -0.39 is 22.0 Å². The molecule has 0 aliphatic heterocycles. The third-order valence-electron chi connectivity index (χ3n) is 3.91. The average molecular weight is 387 g/mol. The molecule has 1 N–H and O–H groups in total. The highest BCUT2D eigenvalue weighted by Gasteiger charge is 2.20. The molecule has 0 radical (unpaired) electrons. The molecule has 0 aliphatic rings. The molecule has 2 aromatic carbocycles. The van der Waals surface area contributed by atoms with Crippen molar-refractivity contribution in [3.63, 3.8) is 0 Å². The van der Waals surface area contributed by atoms with Crippen LogP contribution in [0.2, 0.25) is 0 Å². The van der Waals surface area contributed by atoms with Gasteiger partial charge in [-0.25, -0.2) is 12.7 Å². The minimum absolute atomic E-state index is 0.0917. The average Bonchev–Trinajstić information content (AvgIpc) is 2.63. The van der Waals surface area contributed by atoms with Gasteiger partial charge in [-0.1, -0.05) is 6.07 Å². The molecule has 1 unspecified atom stereocenters. The summed E-state index contributed by atoms with van der Waals surface area (Å²) < 4.78 is 31.2. The van der Waals surface area contributed by atoms with Crippen LogP contribution in [0.25, 0.3) is 0 Å². The van der Waals surface area contributed by atoms with Crippen molar-refractivity contribution in [3.8, 4) is 11.8 Å². The lowest BCUT2D eigenvalue weighted by Crippen LogP contribution is -2.30. The van der Waals surface area contributed by atoms with Crippen molar-refractivity contribution in [2.75, 3.05) is 19.4 Å². The highest BCUT2D eigenvalue weighted by Crippen LogP contribution is 2.22. The van der Waals surface area contributed by atoms with E-state index in [1.54, 1.807) is 44.2 Å². The summed E-state index contributed by atoms with van der Waals surface area (Å²) in [5.74, 6) is 0.0409. The first-order valence-corrected chi connectivity index (χ1v) is 9.60. The smallest absolute Gasteiger partial charge is 0.265 e. The van der Waals surface area contributed by atoms with Crippen molar-refractivity contribution >= 4 is 21.6 Å². The van der Waals surface area contributed by atoms with Gasteiger partial charge in [-0.05, 0) is 55.8 Å². The highest BCUT2D eigenvalue weighted by atomic mass is 32.2. The van der Waals surface area contributed by atoms with Crippen LogP contribution < -0.4 is 10.1 Å². The van der Waals surface area contributed by atoms with Crippen LogP contribution in [0.1, 0.15) is 18.1 Å². The maximum atomic E-state index is 12.4. The van der Waals surface area contributed by atoms with Gasteiger partial charge in [0.2, 0.25) is 10.0 Å².